The Morgan fingerprint density at radius 1 is 1.05 bits per heavy atom. The van der Waals surface area contributed by atoms with E-state index in [4.69, 9.17) is 4.74 Å². The van der Waals surface area contributed by atoms with Crippen LogP contribution in [0.4, 0.5) is 0 Å². The molecule has 0 aliphatic rings. The summed E-state index contributed by atoms with van der Waals surface area (Å²) in [6.45, 7) is 4.42. The number of hydrogen-bond acceptors (Lipinski definition) is 2. The van der Waals surface area contributed by atoms with Crippen molar-refractivity contribution in [1.82, 2.24) is 0 Å². The quantitative estimate of drug-likeness (QED) is 0.616. The average molecular weight is 266 g/mol. The third kappa shape index (κ3) is 4.09. The van der Waals surface area contributed by atoms with Gasteiger partial charge in [0.15, 0.2) is 0 Å². The normalized spacial score (nSPS) is 10.7. The van der Waals surface area contributed by atoms with Crippen LogP contribution in [0.5, 0.6) is 0 Å². The summed E-state index contributed by atoms with van der Waals surface area (Å²) in [7, 11) is 0. The zero-order valence-corrected chi connectivity index (χ0v) is 11.8. The van der Waals surface area contributed by atoms with E-state index < -0.39 is 0 Å². The first-order chi connectivity index (χ1) is 9.65. The van der Waals surface area contributed by atoms with Crippen molar-refractivity contribution in [3.63, 3.8) is 0 Å². The molecule has 0 aliphatic carbocycles. The highest BCUT2D eigenvalue weighted by Crippen LogP contribution is 2.11. The molecule has 2 aromatic rings. The van der Waals surface area contributed by atoms with Gasteiger partial charge in [-0.05, 0) is 42.2 Å². The minimum atomic E-state index is -0.327. The summed E-state index contributed by atoms with van der Waals surface area (Å²) in [5.41, 5.74) is 4.45. The lowest BCUT2D eigenvalue weighted by atomic mass is 10.1. The second kappa shape index (κ2) is 6.71. The Balaban J connectivity index is 1.90. The van der Waals surface area contributed by atoms with E-state index in [1.54, 1.807) is 6.08 Å². The van der Waals surface area contributed by atoms with Gasteiger partial charge in [0, 0.05) is 6.08 Å². The number of esters is 1. The molecule has 2 rings (SSSR count). The molecule has 0 bridgehead atoms. The molecular weight excluding hydrogens is 248 g/mol. The number of carbonyl (C=O) groups excluding carboxylic acids is 1. The Kier molecular flexibility index (Phi) is 4.72. The number of benzene rings is 2. The van der Waals surface area contributed by atoms with Crippen LogP contribution in [0.3, 0.4) is 0 Å². The smallest absolute Gasteiger partial charge is 0.331 e. The van der Waals surface area contributed by atoms with Gasteiger partial charge in [-0.3, -0.25) is 0 Å². The van der Waals surface area contributed by atoms with Crippen molar-refractivity contribution in [3.05, 3.63) is 76.9 Å². The van der Waals surface area contributed by atoms with Gasteiger partial charge >= 0.3 is 5.97 Å². The van der Waals surface area contributed by atoms with Gasteiger partial charge in [0.05, 0.1) is 0 Å². The third-order valence-corrected chi connectivity index (χ3v) is 3.17. The lowest BCUT2D eigenvalue weighted by Gasteiger charge is -2.02. The summed E-state index contributed by atoms with van der Waals surface area (Å²) in [6, 6.07) is 15.7. The van der Waals surface area contributed by atoms with Gasteiger partial charge in [0.2, 0.25) is 0 Å². The fourth-order valence-electron chi connectivity index (χ4n) is 1.81. The molecule has 0 saturated heterocycles. The molecule has 0 N–H and O–H groups in total. The van der Waals surface area contributed by atoms with E-state index in [0.29, 0.717) is 6.61 Å². The zero-order chi connectivity index (χ0) is 14.4. The van der Waals surface area contributed by atoms with Crippen LogP contribution in [0.15, 0.2) is 54.6 Å². The first-order valence-corrected chi connectivity index (χ1v) is 6.61. The van der Waals surface area contributed by atoms with Crippen LogP contribution >= 0.6 is 0 Å². The molecule has 0 radical (unpaired) electrons. The number of hydrogen-bond donors (Lipinski definition) is 0. The number of rotatable bonds is 4. The topological polar surface area (TPSA) is 26.3 Å². The van der Waals surface area contributed by atoms with Crippen molar-refractivity contribution in [2.45, 2.75) is 20.5 Å². The van der Waals surface area contributed by atoms with Gasteiger partial charge in [0.25, 0.3) is 0 Å². The van der Waals surface area contributed by atoms with E-state index in [-0.39, 0.29) is 5.97 Å². The third-order valence-electron chi connectivity index (χ3n) is 3.17. The Labute approximate surface area is 119 Å². The van der Waals surface area contributed by atoms with Crippen LogP contribution in [0.2, 0.25) is 0 Å². The molecule has 20 heavy (non-hydrogen) atoms. The Hall–Kier alpha value is -2.35. The van der Waals surface area contributed by atoms with E-state index in [1.807, 2.05) is 42.5 Å². The van der Waals surface area contributed by atoms with Crippen molar-refractivity contribution in [3.8, 4) is 0 Å². The summed E-state index contributed by atoms with van der Waals surface area (Å²) in [4.78, 5) is 11.6. The Morgan fingerprint density at radius 2 is 1.80 bits per heavy atom. The van der Waals surface area contributed by atoms with Crippen molar-refractivity contribution in [1.29, 1.82) is 0 Å². The Morgan fingerprint density at radius 3 is 2.50 bits per heavy atom. The molecule has 0 spiro atoms. The van der Waals surface area contributed by atoms with Crippen LogP contribution in [-0.2, 0) is 16.1 Å². The molecule has 2 nitrogen and oxygen atoms in total. The van der Waals surface area contributed by atoms with E-state index in [2.05, 4.69) is 19.9 Å². The standard InChI is InChI=1S/C18H18O2/c1-14-8-9-16(12-15(14)2)10-11-18(19)20-13-17-6-4-3-5-7-17/h3-12H,13H2,1-2H3/b11-10+. The summed E-state index contributed by atoms with van der Waals surface area (Å²) in [6.07, 6.45) is 3.24. The summed E-state index contributed by atoms with van der Waals surface area (Å²) < 4.78 is 5.18. The Bertz CT molecular complexity index is 613. The second-order valence-electron chi connectivity index (χ2n) is 4.77. The minimum absolute atomic E-state index is 0.303. The molecule has 0 atom stereocenters. The van der Waals surface area contributed by atoms with E-state index >= 15 is 0 Å². The zero-order valence-electron chi connectivity index (χ0n) is 11.8. The van der Waals surface area contributed by atoms with Gasteiger partial charge in [-0.15, -0.1) is 0 Å². The molecule has 0 amide bonds. The first-order valence-electron chi connectivity index (χ1n) is 6.61. The fourth-order valence-corrected chi connectivity index (χ4v) is 1.81. The first kappa shape index (κ1) is 14.1. The van der Waals surface area contributed by atoms with Crippen LogP contribution in [0.25, 0.3) is 6.08 Å². The summed E-state index contributed by atoms with van der Waals surface area (Å²) >= 11 is 0. The van der Waals surface area contributed by atoms with Crippen molar-refractivity contribution >= 4 is 12.0 Å². The van der Waals surface area contributed by atoms with Gasteiger partial charge in [0.1, 0.15) is 6.61 Å². The predicted octanol–water partition coefficient (Wildman–Crippen LogP) is 4.06. The molecular formula is C18H18O2. The highest BCUT2D eigenvalue weighted by Gasteiger charge is 1.99. The van der Waals surface area contributed by atoms with Gasteiger partial charge in [-0.25, -0.2) is 4.79 Å². The van der Waals surface area contributed by atoms with Crippen LogP contribution in [-0.4, -0.2) is 5.97 Å². The molecule has 2 aromatic carbocycles. The van der Waals surface area contributed by atoms with Crippen molar-refractivity contribution in [2.24, 2.45) is 0 Å². The minimum Gasteiger partial charge on any atom is -0.458 e. The molecule has 0 aliphatic heterocycles. The number of ether oxygens (including phenoxy) is 1. The summed E-state index contributed by atoms with van der Waals surface area (Å²) in [5.74, 6) is -0.327. The van der Waals surface area contributed by atoms with Crippen molar-refractivity contribution < 1.29 is 9.53 Å². The summed E-state index contributed by atoms with van der Waals surface area (Å²) in [5, 5.41) is 0. The molecule has 0 unspecified atom stereocenters. The van der Waals surface area contributed by atoms with Crippen molar-refractivity contribution in [2.75, 3.05) is 0 Å². The molecule has 0 aromatic heterocycles. The second-order valence-corrected chi connectivity index (χ2v) is 4.77. The highest BCUT2D eigenvalue weighted by atomic mass is 16.5. The molecule has 0 heterocycles. The lowest BCUT2D eigenvalue weighted by molar-refractivity contribution is -0.138. The SMILES string of the molecule is Cc1ccc(/C=C/C(=O)OCc2ccccc2)cc1C. The molecule has 0 fully saturated rings. The monoisotopic (exact) mass is 266 g/mol. The molecule has 2 heteroatoms. The number of carbonyl (C=O) groups is 1. The van der Waals surface area contributed by atoms with E-state index in [1.165, 1.54) is 17.2 Å². The highest BCUT2D eigenvalue weighted by molar-refractivity contribution is 5.87. The molecule has 102 valence electrons. The van der Waals surface area contributed by atoms with Crippen LogP contribution in [0.1, 0.15) is 22.3 Å². The van der Waals surface area contributed by atoms with E-state index in [9.17, 15) is 4.79 Å². The van der Waals surface area contributed by atoms with E-state index in [0.717, 1.165) is 11.1 Å². The largest absolute Gasteiger partial charge is 0.458 e. The van der Waals surface area contributed by atoms with Crippen LogP contribution in [0, 0.1) is 13.8 Å². The fraction of sp³-hybridized carbons (Fsp3) is 0.167. The van der Waals surface area contributed by atoms with Gasteiger partial charge < -0.3 is 4.74 Å². The lowest BCUT2D eigenvalue weighted by Crippen LogP contribution is -2.00. The maximum absolute atomic E-state index is 11.6. The maximum atomic E-state index is 11.6. The van der Waals surface area contributed by atoms with Gasteiger partial charge in [-0.1, -0.05) is 48.5 Å². The number of aryl methyl sites for hydroxylation is 2. The predicted molar refractivity (Wildman–Crippen MR) is 81.2 cm³/mol. The maximum Gasteiger partial charge on any atom is 0.331 e. The molecule has 0 saturated carbocycles. The average Bonchev–Trinajstić information content (AvgIpc) is 2.47. The van der Waals surface area contributed by atoms with Crippen LogP contribution < -0.4 is 0 Å². The van der Waals surface area contributed by atoms with Gasteiger partial charge in [-0.2, -0.15) is 0 Å².